The molecule has 0 saturated carbocycles. The Morgan fingerprint density at radius 3 is 2.48 bits per heavy atom. The van der Waals surface area contributed by atoms with Crippen LogP contribution >= 0.6 is 0 Å². The molecule has 0 aliphatic heterocycles. The predicted octanol–water partition coefficient (Wildman–Crippen LogP) is 3.35. The highest BCUT2D eigenvalue weighted by atomic mass is 16.5. The van der Waals surface area contributed by atoms with E-state index < -0.39 is 17.9 Å². The summed E-state index contributed by atoms with van der Waals surface area (Å²) in [6, 6.07) is 7.73. The zero-order chi connectivity index (χ0) is 22.7. The number of amides is 1. The second-order valence-corrected chi connectivity index (χ2v) is 7.15. The van der Waals surface area contributed by atoms with Crippen molar-refractivity contribution in [3.8, 4) is 17.3 Å². The molecule has 0 aliphatic rings. The molecule has 1 aromatic carbocycles. The monoisotopic (exact) mass is 427 g/mol. The minimum atomic E-state index is -1.05. The number of rotatable bonds is 8. The minimum absolute atomic E-state index is 0.310. The summed E-state index contributed by atoms with van der Waals surface area (Å²) in [5.41, 5.74) is 2.42. The summed E-state index contributed by atoms with van der Waals surface area (Å²) >= 11 is 0. The van der Waals surface area contributed by atoms with Gasteiger partial charge in [0.25, 0.3) is 5.91 Å². The van der Waals surface area contributed by atoms with Crippen molar-refractivity contribution in [3.63, 3.8) is 0 Å². The van der Waals surface area contributed by atoms with Crippen LogP contribution in [-0.4, -0.2) is 40.9 Å². The molecule has 3 aromatic rings. The third kappa shape index (κ3) is 4.55. The SMILES string of the molecule is COc1ccc([C@@H](CC(=O)O)NC(=O)c2cc(C)n(-c3cc(C)on3)c2C)c(OC)c1. The van der Waals surface area contributed by atoms with E-state index in [0.717, 1.165) is 5.69 Å². The van der Waals surface area contributed by atoms with Crippen molar-refractivity contribution >= 4 is 11.9 Å². The van der Waals surface area contributed by atoms with Gasteiger partial charge in [-0.05, 0) is 39.0 Å². The number of aromatic nitrogens is 2. The molecule has 31 heavy (non-hydrogen) atoms. The minimum Gasteiger partial charge on any atom is -0.497 e. The lowest BCUT2D eigenvalue weighted by molar-refractivity contribution is -0.137. The Balaban J connectivity index is 1.95. The number of hydrogen-bond acceptors (Lipinski definition) is 6. The van der Waals surface area contributed by atoms with E-state index >= 15 is 0 Å². The third-order valence-electron chi connectivity index (χ3n) is 5.02. The maximum absolute atomic E-state index is 13.1. The Morgan fingerprint density at radius 2 is 1.90 bits per heavy atom. The first kappa shape index (κ1) is 21.9. The van der Waals surface area contributed by atoms with E-state index in [2.05, 4.69) is 10.5 Å². The quantitative estimate of drug-likeness (QED) is 0.566. The Morgan fingerprint density at radius 1 is 1.16 bits per heavy atom. The van der Waals surface area contributed by atoms with Gasteiger partial charge in [0.1, 0.15) is 17.3 Å². The van der Waals surface area contributed by atoms with Crippen LogP contribution in [0.25, 0.3) is 5.82 Å². The molecule has 0 radical (unpaired) electrons. The molecule has 164 valence electrons. The van der Waals surface area contributed by atoms with Gasteiger partial charge >= 0.3 is 5.97 Å². The lowest BCUT2D eigenvalue weighted by Gasteiger charge is -2.20. The van der Waals surface area contributed by atoms with Crippen molar-refractivity contribution in [1.82, 2.24) is 15.0 Å². The van der Waals surface area contributed by atoms with Crippen molar-refractivity contribution in [3.05, 3.63) is 58.6 Å². The molecule has 0 spiro atoms. The molecule has 0 saturated heterocycles. The van der Waals surface area contributed by atoms with E-state index in [-0.39, 0.29) is 6.42 Å². The third-order valence-corrected chi connectivity index (χ3v) is 5.02. The smallest absolute Gasteiger partial charge is 0.305 e. The van der Waals surface area contributed by atoms with Crippen molar-refractivity contribution in [2.24, 2.45) is 0 Å². The van der Waals surface area contributed by atoms with Crippen LogP contribution in [0.2, 0.25) is 0 Å². The van der Waals surface area contributed by atoms with Gasteiger partial charge in [0.05, 0.1) is 32.2 Å². The fourth-order valence-electron chi connectivity index (χ4n) is 3.56. The average molecular weight is 427 g/mol. The Bertz CT molecular complexity index is 1110. The van der Waals surface area contributed by atoms with Crippen LogP contribution in [0.15, 0.2) is 34.9 Å². The Hall–Kier alpha value is -3.75. The Kier molecular flexibility index (Phi) is 6.33. The number of carboxylic acids is 1. The lowest BCUT2D eigenvalue weighted by atomic mass is 10.0. The number of benzene rings is 1. The number of aryl methyl sites for hydroxylation is 2. The number of ether oxygens (including phenoxy) is 2. The normalized spacial score (nSPS) is 11.8. The number of carbonyl (C=O) groups excluding carboxylic acids is 1. The van der Waals surface area contributed by atoms with Crippen LogP contribution in [0.1, 0.15) is 45.5 Å². The van der Waals surface area contributed by atoms with Crippen LogP contribution in [0.4, 0.5) is 0 Å². The predicted molar refractivity (Wildman–Crippen MR) is 112 cm³/mol. The van der Waals surface area contributed by atoms with Gasteiger partial charge in [-0.3, -0.25) is 14.2 Å². The maximum Gasteiger partial charge on any atom is 0.305 e. The van der Waals surface area contributed by atoms with Crippen LogP contribution in [0.3, 0.4) is 0 Å². The standard InChI is InChI=1S/C22H25N3O6/c1-12-8-17(14(3)25(12)20-9-13(2)31-24-20)22(28)23-18(11-21(26)27)16-7-6-15(29-4)10-19(16)30-5/h6-10,18H,11H2,1-5H3,(H,23,28)(H,26,27)/t18-/m1/s1. The van der Waals surface area contributed by atoms with Crippen molar-refractivity contribution < 1.29 is 28.7 Å². The molecule has 1 amide bonds. The van der Waals surface area contributed by atoms with Gasteiger partial charge in [-0.15, -0.1) is 0 Å². The maximum atomic E-state index is 13.1. The second kappa shape index (κ2) is 8.95. The van der Waals surface area contributed by atoms with E-state index in [1.54, 1.807) is 44.2 Å². The fraction of sp³-hybridized carbons (Fsp3) is 0.318. The van der Waals surface area contributed by atoms with E-state index in [0.29, 0.717) is 39.9 Å². The summed E-state index contributed by atoms with van der Waals surface area (Å²) in [7, 11) is 3.00. The van der Waals surface area contributed by atoms with Crippen molar-refractivity contribution in [2.45, 2.75) is 33.2 Å². The summed E-state index contributed by atoms with van der Waals surface area (Å²) < 4.78 is 17.6. The van der Waals surface area contributed by atoms with E-state index in [1.807, 2.05) is 11.5 Å². The molecule has 1 atom stereocenters. The highest BCUT2D eigenvalue weighted by molar-refractivity contribution is 5.96. The summed E-state index contributed by atoms with van der Waals surface area (Å²) in [6.07, 6.45) is -0.310. The number of carbonyl (C=O) groups is 2. The van der Waals surface area contributed by atoms with Gasteiger partial charge in [-0.2, -0.15) is 0 Å². The molecule has 0 bridgehead atoms. The Labute approximate surface area is 179 Å². The van der Waals surface area contributed by atoms with Crippen molar-refractivity contribution in [1.29, 1.82) is 0 Å². The zero-order valence-corrected chi connectivity index (χ0v) is 18.1. The molecular formula is C22H25N3O6. The molecule has 3 rings (SSSR count). The van der Waals surface area contributed by atoms with Crippen LogP contribution in [0, 0.1) is 20.8 Å². The van der Waals surface area contributed by atoms with Crippen LogP contribution in [-0.2, 0) is 4.79 Å². The summed E-state index contributed by atoms with van der Waals surface area (Å²) in [5.74, 6) is 0.768. The number of nitrogens with one attached hydrogen (secondary N) is 1. The highest BCUT2D eigenvalue weighted by Crippen LogP contribution is 2.32. The van der Waals surface area contributed by atoms with Crippen LogP contribution < -0.4 is 14.8 Å². The number of carboxylic acid groups (broad SMARTS) is 1. The van der Waals surface area contributed by atoms with Gasteiger partial charge in [0, 0.05) is 29.1 Å². The number of hydrogen-bond donors (Lipinski definition) is 2. The van der Waals surface area contributed by atoms with Gasteiger partial charge in [0.15, 0.2) is 5.82 Å². The molecular weight excluding hydrogens is 402 g/mol. The van der Waals surface area contributed by atoms with E-state index in [4.69, 9.17) is 14.0 Å². The average Bonchev–Trinajstić information content (AvgIpc) is 3.28. The largest absolute Gasteiger partial charge is 0.497 e. The van der Waals surface area contributed by atoms with E-state index in [9.17, 15) is 14.7 Å². The van der Waals surface area contributed by atoms with Gasteiger partial charge in [0.2, 0.25) is 0 Å². The molecule has 2 aromatic heterocycles. The molecule has 2 heterocycles. The molecule has 9 nitrogen and oxygen atoms in total. The first-order valence-corrected chi connectivity index (χ1v) is 9.62. The zero-order valence-electron chi connectivity index (χ0n) is 18.1. The molecule has 2 N–H and O–H groups in total. The molecule has 9 heteroatoms. The van der Waals surface area contributed by atoms with Gasteiger partial charge in [-0.1, -0.05) is 5.16 Å². The number of nitrogens with zero attached hydrogens (tertiary/aromatic N) is 2. The number of aliphatic carboxylic acids is 1. The van der Waals surface area contributed by atoms with Gasteiger partial charge < -0.3 is 24.4 Å². The van der Waals surface area contributed by atoms with E-state index in [1.165, 1.54) is 14.2 Å². The first-order chi connectivity index (χ1) is 14.7. The van der Waals surface area contributed by atoms with Crippen LogP contribution in [0.5, 0.6) is 11.5 Å². The number of methoxy groups -OCH3 is 2. The summed E-state index contributed by atoms with van der Waals surface area (Å²) in [5, 5.41) is 16.3. The van der Waals surface area contributed by atoms with Crippen molar-refractivity contribution in [2.75, 3.05) is 14.2 Å². The first-order valence-electron chi connectivity index (χ1n) is 9.62. The summed E-state index contributed by atoms with van der Waals surface area (Å²) in [4.78, 5) is 24.6. The lowest BCUT2D eigenvalue weighted by Crippen LogP contribution is -2.30. The second-order valence-electron chi connectivity index (χ2n) is 7.15. The molecule has 0 aliphatic carbocycles. The molecule has 0 fully saturated rings. The summed E-state index contributed by atoms with van der Waals surface area (Å²) in [6.45, 7) is 5.44. The molecule has 0 unspecified atom stereocenters. The fourth-order valence-corrected chi connectivity index (χ4v) is 3.56. The topological polar surface area (TPSA) is 116 Å². The van der Waals surface area contributed by atoms with Gasteiger partial charge in [-0.25, -0.2) is 0 Å². The highest BCUT2D eigenvalue weighted by Gasteiger charge is 2.25.